The van der Waals surface area contributed by atoms with Crippen LogP contribution in [0.25, 0.3) is 10.9 Å². The summed E-state index contributed by atoms with van der Waals surface area (Å²) in [6.45, 7) is 7.67. The van der Waals surface area contributed by atoms with E-state index >= 15 is 4.79 Å². The van der Waals surface area contributed by atoms with Crippen molar-refractivity contribution in [1.29, 1.82) is 0 Å². The fourth-order valence-corrected chi connectivity index (χ4v) is 12.1. The van der Waals surface area contributed by atoms with Gasteiger partial charge in [-0.25, -0.2) is 4.79 Å². The zero-order chi connectivity index (χ0) is 42.8. The first-order valence-corrected chi connectivity index (χ1v) is 21.2. The van der Waals surface area contributed by atoms with Gasteiger partial charge in [0.1, 0.15) is 11.2 Å². The lowest BCUT2D eigenvalue weighted by molar-refractivity contribution is -0.201. The number of carbonyl (C=O) groups is 4. The minimum atomic E-state index is -2.50. The standard InChI is InChI=1S/C46H58N4O10/c1-7-43(55)22-29-23-45(41(53)58-5,38-31(14-18-48(24-29)25-43)30-12-9-10-13-35(30)47-38)34-20-33-32-15-19-49-17-11-16-44(8-2,39(32)49)40(60-28(3)52)46(56,42(54)59-6)26-50(27-51)36(33)21-37(34)57-4/h9-13,16,20-21,27,29,32,39-40,47,55-56H,7-8,14-15,17-19,22-26H2,1-6H3/t29-,32-,39+,40+,43-,44+,45-,46-/m0/s1. The molecule has 1 aromatic heterocycles. The van der Waals surface area contributed by atoms with E-state index in [-0.39, 0.29) is 18.3 Å². The van der Waals surface area contributed by atoms with E-state index in [2.05, 4.69) is 20.9 Å². The van der Waals surface area contributed by atoms with Crippen LogP contribution in [-0.2, 0) is 45.2 Å². The van der Waals surface area contributed by atoms with Crippen LogP contribution in [-0.4, -0.2) is 133 Å². The predicted molar refractivity (Wildman–Crippen MR) is 223 cm³/mol. The maximum atomic E-state index is 15.3. The summed E-state index contributed by atoms with van der Waals surface area (Å²) in [6, 6.07) is 11.3. The van der Waals surface area contributed by atoms with E-state index in [9.17, 15) is 24.6 Å². The molecule has 1 amide bonds. The van der Waals surface area contributed by atoms with Crippen molar-refractivity contribution in [3.63, 3.8) is 0 Å². The Morgan fingerprint density at radius 2 is 1.75 bits per heavy atom. The van der Waals surface area contributed by atoms with Crippen LogP contribution < -0.4 is 9.64 Å². The molecule has 0 saturated carbocycles. The summed E-state index contributed by atoms with van der Waals surface area (Å²) in [7, 11) is 4.07. The second-order valence-corrected chi connectivity index (χ2v) is 17.7. The average Bonchev–Trinajstić information content (AvgIpc) is 3.87. The van der Waals surface area contributed by atoms with Crippen LogP contribution in [0, 0.1) is 11.3 Å². The second kappa shape index (κ2) is 15.6. The SMILES string of the molecule is CC[C@]1(O)C[C@@H]2CN(CCc3c([nH]c4ccccc34)[C@@](C(=O)OC)(c3cc4c(cc3OC)N(C=O)C[C@@](O)(C(=O)OC)[C@H](OC(C)=O)[C@]3(CC)C=CCN5CC[C@@H]4[C@@H]53)C2)C1. The van der Waals surface area contributed by atoms with Crippen LogP contribution >= 0.6 is 0 Å². The third-order valence-electron chi connectivity index (χ3n) is 14.6. The molecule has 322 valence electrons. The number of esters is 3. The average molecular weight is 827 g/mol. The molecule has 2 aromatic carbocycles. The topological polar surface area (TPSA) is 171 Å². The number of aromatic nitrogens is 1. The molecule has 6 heterocycles. The summed E-state index contributed by atoms with van der Waals surface area (Å²) < 4.78 is 23.5. The minimum Gasteiger partial charge on any atom is -0.496 e. The number of amides is 1. The van der Waals surface area contributed by atoms with E-state index in [4.69, 9.17) is 18.9 Å². The number of benzene rings is 2. The lowest BCUT2D eigenvalue weighted by Crippen LogP contribution is -2.67. The number of ether oxygens (including phenoxy) is 4. The number of carbonyl (C=O) groups excluding carboxylic acids is 4. The zero-order valence-corrected chi connectivity index (χ0v) is 35.5. The number of methoxy groups -OCH3 is 3. The van der Waals surface area contributed by atoms with E-state index in [1.54, 1.807) is 6.07 Å². The Hall–Kier alpha value is -4.76. The summed E-state index contributed by atoms with van der Waals surface area (Å²) in [6.07, 6.45) is 5.96. The Morgan fingerprint density at radius 3 is 2.43 bits per heavy atom. The van der Waals surface area contributed by atoms with Crippen LogP contribution in [0.2, 0.25) is 0 Å². The first kappa shape index (κ1) is 42.0. The maximum absolute atomic E-state index is 15.3. The minimum absolute atomic E-state index is 0.140. The highest BCUT2D eigenvalue weighted by Crippen LogP contribution is 2.57. The van der Waals surface area contributed by atoms with Crippen LogP contribution in [0.1, 0.15) is 81.2 Å². The van der Waals surface area contributed by atoms with Gasteiger partial charge >= 0.3 is 17.9 Å². The lowest BCUT2D eigenvalue weighted by Gasteiger charge is -2.52. The molecule has 3 N–H and O–H groups in total. The molecular formula is C46H58N4O10. The maximum Gasteiger partial charge on any atom is 0.343 e. The summed E-state index contributed by atoms with van der Waals surface area (Å²) in [5.41, 5.74) is -1.88. The molecule has 14 nitrogen and oxygen atoms in total. The van der Waals surface area contributed by atoms with Crippen LogP contribution in [0.15, 0.2) is 48.6 Å². The van der Waals surface area contributed by atoms with Gasteiger partial charge in [-0.3, -0.25) is 24.2 Å². The lowest BCUT2D eigenvalue weighted by atomic mass is 9.62. The van der Waals surface area contributed by atoms with Gasteiger partial charge in [-0.2, -0.15) is 0 Å². The van der Waals surface area contributed by atoms with Gasteiger partial charge in [0.25, 0.3) is 0 Å². The van der Waals surface area contributed by atoms with Crippen molar-refractivity contribution < 1.29 is 48.3 Å². The van der Waals surface area contributed by atoms with E-state index in [0.717, 1.165) is 23.6 Å². The number of hydrogen-bond acceptors (Lipinski definition) is 12. The van der Waals surface area contributed by atoms with Gasteiger partial charge in [0, 0.05) is 78.7 Å². The van der Waals surface area contributed by atoms with Crippen molar-refractivity contribution in [2.24, 2.45) is 11.3 Å². The predicted octanol–water partition coefficient (Wildman–Crippen LogP) is 3.98. The largest absolute Gasteiger partial charge is 0.496 e. The number of para-hydroxylation sites is 1. The van der Waals surface area contributed by atoms with Gasteiger partial charge in [-0.1, -0.05) is 44.2 Å². The Labute approximate surface area is 350 Å². The third kappa shape index (κ3) is 6.35. The van der Waals surface area contributed by atoms with E-state index in [1.165, 1.54) is 26.0 Å². The van der Waals surface area contributed by atoms with E-state index < -0.39 is 58.6 Å². The molecule has 0 aliphatic carbocycles. The Morgan fingerprint density at radius 1 is 0.983 bits per heavy atom. The fourth-order valence-electron chi connectivity index (χ4n) is 12.1. The molecule has 2 bridgehead atoms. The number of hydrogen-bond donors (Lipinski definition) is 3. The highest BCUT2D eigenvalue weighted by atomic mass is 16.6. The Bertz CT molecular complexity index is 2220. The van der Waals surface area contributed by atoms with Crippen molar-refractivity contribution >= 4 is 40.9 Å². The van der Waals surface area contributed by atoms with Gasteiger partial charge in [0.15, 0.2) is 6.10 Å². The normalized spacial score (nSPS) is 33.7. The monoisotopic (exact) mass is 826 g/mol. The number of piperidine rings is 1. The van der Waals surface area contributed by atoms with Crippen molar-refractivity contribution in [2.45, 2.75) is 94.0 Å². The Kier molecular flexibility index (Phi) is 10.9. The molecule has 14 heteroatoms. The van der Waals surface area contributed by atoms with Crippen LogP contribution in [0.4, 0.5) is 5.69 Å². The van der Waals surface area contributed by atoms with Gasteiger partial charge in [0.05, 0.1) is 39.2 Å². The number of aliphatic hydroxyl groups is 2. The van der Waals surface area contributed by atoms with Gasteiger partial charge in [-0.15, -0.1) is 0 Å². The molecule has 1 unspecified atom stereocenters. The molecule has 8 rings (SSSR count). The van der Waals surface area contributed by atoms with Gasteiger partial charge in [-0.05, 0) is 74.2 Å². The third-order valence-corrected chi connectivity index (χ3v) is 14.6. The Balaban J connectivity index is 1.46. The quantitative estimate of drug-likeness (QED) is 0.129. The molecule has 9 atom stereocenters. The molecule has 2 fully saturated rings. The molecule has 0 spiro atoms. The molecule has 5 aliphatic rings. The van der Waals surface area contributed by atoms with E-state index in [0.29, 0.717) is 99.5 Å². The van der Waals surface area contributed by atoms with E-state index in [1.807, 2.05) is 50.3 Å². The smallest absolute Gasteiger partial charge is 0.343 e. The highest BCUT2D eigenvalue weighted by molar-refractivity contribution is 5.95. The number of anilines is 1. The first-order valence-electron chi connectivity index (χ1n) is 21.2. The van der Waals surface area contributed by atoms with Crippen molar-refractivity contribution in [3.8, 4) is 5.75 Å². The highest BCUT2D eigenvalue weighted by Gasteiger charge is 2.64. The number of aromatic amines is 1. The summed E-state index contributed by atoms with van der Waals surface area (Å²) in [5, 5.41) is 25.7. The number of fused-ring (bicyclic) bond motifs is 7. The second-order valence-electron chi connectivity index (χ2n) is 17.7. The molecule has 2 saturated heterocycles. The molecule has 3 aromatic rings. The van der Waals surface area contributed by atoms with Crippen molar-refractivity contribution in [1.82, 2.24) is 14.8 Å². The number of β-amino-alcohol motifs (C(OH)–C–C–N with tert-alkyl or cyclic N) is 1. The van der Waals surface area contributed by atoms with Crippen LogP contribution in [0.3, 0.4) is 0 Å². The summed E-state index contributed by atoms with van der Waals surface area (Å²) in [5.74, 6) is -2.42. The molecule has 5 aliphatic heterocycles. The molecule has 60 heavy (non-hydrogen) atoms. The first-order chi connectivity index (χ1) is 28.8. The number of nitrogens with one attached hydrogen (secondary N) is 1. The van der Waals surface area contributed by atoms with Gasteiger partial charge < -0.3 is 39.0 Å². The molecule has 0 radical (unpaired) electrons. The molecular weight excluding hydrogens is 769 g/mol. The van der Waals surface area contributed by atoms with Crippen molar-refractivity contribution in [2.75, 3.05) is 65.5 Å². The number of H-pyrrole nitrogens is 1. The number of rotatable bonds is 8. The fraction of sp³-hybridized carbons (Fsp3) is 0.565. The van der Waals surface area contributed by atoms with Crippen LogP contribution in [0.5, 0.6) is 5.75 Å². The summed E-state index contributed by atoms with van der Waals surface area (Å²) >= 11 is 0. The van der Waals surface area contributed by atoms with Gasteiger partial charge in [0.2, 0.25) is 12.0 Å². The zero-order valence-electron chi connectivity index (χ0n) is 35.5. The summed E-state index contributed by atoms with van der Waals surface area (Å²) in [4.78, 5) is 65.3. The number of nitrogens with zero attached hydrogens (tertiary/aromatic N) is 3. The van der Waals surface area contributed by atoms with Crippen molar-refractivity contribution in [3.05, 3.63) is 70.9 Å².